The lowest BCUT2D eigenvalue weighted by atomic mass is 10.1. The number of benzene rings is 2. The van der Waals surface area contributed by atoms with Crippen LogP contribution >= 0.6 is 23.2 Å². The van der Waals surface area contributed by atoms with Gasteiger partial charge in [-0.2, -0.15) is 18.2 Å². The van der Waals surface area contributed by atoms with E-state index in [1.165, 1.54) is 23.9 Å². The normalized spacial score (nSPS) is 11.6. The molecule has 1 N–H and O–H groups in total. The maximum atomic E-state index is 13.1. The Morgan fingerprint density at radius 1 is 1.17 bits per heavy atom. The third-order valence-electron chi connectivity index (χ3n) is 3.80. The van der Waals surface area contributed by atoms with E-state index in [-0.39, 0.29) is 17.4 Å². The molecule has 6 nitrogen and oxygen atoms in total. The van der Waals surface area contributed by atoms with Crippen LogP contribution in [-0.4, -0.2) is 32.6 Å². The van der Waals surface area contributed by atoms with Gasteiger partial charge in [0.15, 0.2) is 10.7 Å². The summed E-state index contributed by atoms with van der Waals surface area (Å²) in [6, 6.07) is 11.0. The van der Waals surface area contributed by atoms with Crippen molar-refractivity contribution in [3.8, 4) is 23.1 Å². The Hall–Kier alpha value is -2.78. The zero-order valence-electron chi connectivity index (χ0n) is 14.7. The van der Waals surface area contributed by atoms with Crippen LogP contribution in [0.25, 0.3) is 17.1 Å². The van der Waals surface area contributed by atoms with Crippen LogP contribution in [0.15, 0.2) is 48.5 Å². The molecule has 1 heterocycles. The number of aromatic nitrogens is 3. The first kappa shape index (κ1) is 20.9. The number of halogens is 5. The van der Waals surface area contributed by atoms with E-state index in [1.54, 1.807) is 24.3 Å². The van der Waals surface area contributed by atoms with Crippen molar-refractivity contribution in [1.82, 2.24) is 14.8 Å². The number of alkyl halides is 5. The number of hydrogen-bond donors (Lipinski definition) is 1. The number of hydrogen-bond acceptors (Lipinski definition) is 4. The largest absolute Gasteiger partial charge is 0.466 e. The molecule has 0 unspecified atom stereocenters. The van der Waals surface area contributed by atoms with Gasteiger partial charge in [-0.1, -0.05) is 35.3 Å². The summed E-state index contributed by atoms with van der Waals surface area (Å²) in [5.74, 6) is -0.431. The molecule has 11 heteroatoms. The smallest absolute Gasteiger partial charge is 0.416 e. The monoisotopic (exact) mass is 444 g/mol. The van der Waals surface area contributed by atoms with Gasteiger partial charge in [-0.25, -0.2) is 4.68 Å². The second-order valence-electron chi connectivity index (χ2n) is 5.75. The number of anilines is 1. The van der Waals surface area contributed by atoms with Crippen LogP contribution in [-0.2, 0) is 11.0 Å². The predicted octanol–water partition coefficient (Wildman–Crippen LogP) is 4.70. The highest BCUT2D eigenvalue weighted by Crippen LogP contribution is 2.32. The fraction of sp³-hybridized carbons (Fsp3) is 0.167. The molecule has 152 valence electrons. The zero-order chi connectivity index (χ0) is 21.2. The van der Waals surface area contributed by atoms with Crippen molar-refractivity contribution in [2.75, 3.05) is 12.4 Å². The lowest BCUT2D eigenvalue weighted by molar-refractivity contribution is -0.137. The number of carbonyl (C=O) groups excluding carboxylic acids is 1. The summed E-state index contributed by atoms with van der Waals surface area (Å²) in [6.45, 7) is 0. The van der Waals surface area contributed by atoms with Crippen molar-refractivity contribution >= 4 is 34.8 Å². The third kappa shape index (κ3) is 4.80. The van der Waals surface area contributed by atoms with Crippen LogP contribution < -0.4 is 10.1 Å². The van der Waals surface area contributed by atoms with Gasteiger partial charge in [0.05, 0.1) is 18.4 Å². The van der Waals surface area contributed by atoms with Gasteiger partial charge in [0.1, 0.15) is 0 Å². The zero-order valence-corrected chi connectivity index (χ0v) is 16.3. The van der Waals surface area contributed by atoms with E-state index in [0.29, 0.717) is 11.4 Å². The number of rotatable bonds is 5. The summed E-state index contributed by atoms with van der Waals surface area (Å²) < 4.78 is 45.6. The van der Waals surface area contributed by atoms with Crippen molar-refractivity contribution in [2.24, 2.45) is 0 Å². The van der Waals surface area contributed by atoms with E-state index in [4.69, 9.17) is 27.9 Å². The van der Waals surface area contributed by atoms with Crippen molar-refractivity contribution in [2.45, 2.75) is 11.0 Å². The maximum Gasteiger partial charge on any atom is 0.416 e. The molecule has 0 saturated heterocycles. The van der Waals surface area contributed by atoms with E-state index in [0.717, 1.165) is 12.1 Å². The molecule has 0 aliphatic heterocycles. The topological polar surface area (TPSA) is 69.0 Å². The van der Waals surface area contributed by atoms with Crippen molar-refractivity contribution in [1.29, 1.82) is 0 Å². The summed E-state index contributed by atoms with van der Waals surface area (Å²) in [6.07, 6.45) is -4.49. The highest BCUT2D eigenvalue weighted by atomic mass is 35.5. The lowest BCUT2D eigenvalue weighted by Gasteiger charge is -2.10. The Labute approximate surface area is 173 Å². The van der Waals surface area contributed by atoms with Gasteiger partial charge < -0.3 is 10.1 Å². The maximum absolute atomic E-state index is 13.1. The molecule has 3 rings (SSSR count). The van der Waals surface area contributed by atoms with Crippen molar-refractivity contribution in [3.05, 3.63) is 54.1 Å². The van der Waals surface area contributed by atoms with E-state index in [1.807, 2.05) is 0 Å². The number of ether oxygens (including phenoxy) is 1. The molecule has 0 spiro atoms. The number of nitrogens with zero attached hydrogens (tertiary/aromatic N) is 3. The number of nitrogens with one attached hydrogen (secondary N) is 1. The molecule has 0 atom stereocenters. The van der Waals surface area contributed by atoms with Gasteiger partial charge in [0.2, 0.25) is 0 Å². The Morgan fingerprint density at radius 3 is 2.45 bits per heavy atom. The first-order chi connectivity index (χ1) is 13.7. The molecule has 0 fully saturated rings. The Balaban J connectivity index is 1.99. The molecule has 3 aromatic rings. The predicted molar refractivity (Wildman–Crippen MR) is 102 cm³/mol. The van der Waals surface area contributed by atoms with Gasteiger partial charge in [-0.15, -0.1) is 5.10 Å². The van der Waals surface area contributed by atoms with E-state index in [2.05, 4.69) is 15.4 Å². The van der Waals surface area contributed by atoms with E-state index >= 15 is 0 Å². The van der Waals surface area contributed by atoms with Gasteiger partial charge in [-0.05, 0) is 36.4 Å². The lowest BCUT2D eigenvalue weighted by Crippen LogP contribution is -2.18. The number of carbonyl (C=O) groups is 1. The summed E-state index contributed by atoms with van der Waals surface area (Å²) in [4.78, 5) is 14.5. The highest BCUT2D eigenvalue weighted by Gasteiger charge is 2.31. The highest BCUT2D eigenvalue weighted by molar-refractivity contribution is 6.54. The van der Waals surface area contributed by atoms with Gasteiger partial charge in [0, 0.05) is 11.3 Å². The average molecular weight is 445 g/mol. The Morgan fingerprint density at radius 2 is 1.86 bits per heavy atom. The summed E-state index contributed by atoms with van der Waals surface area (Å²) in [5.41, 5.74) is 0.315. The average Bonchev–Trinajstić information content (AvgIpc) is 3.12. The van der Waals surface area contributed by atoms with E-state index in [9.17, 15) is 18.0 Å². The Bertz CT molecular complexity index is 1020. The van der Waals surface area contributed by atoms with Gasteiger partial charge >= 0.3 is 12.2 Å². The Kier molecular flexibility index (Phi) is 5.99. The number of amides is 1. The van der Waals surface area contributed by atoms with Crippen molar-refractivity contribution in [3.63, 3.8) is 0 Å². The third-order valence-corrected chi connectivity index (χ3v) is 4.19. The van der Waals surface area contributed by atoms with Crippen LogP contribution in [0.2, 0.25) is 0 Å². The standard InChI is InChI=1S/C18H13Cl2F3N4O2/c1-29-17-25-15(10-3-2-4-11(9-10)18(21,22)23)27(26-17)13-7-5-12(6-8-13)24-16(28)14(19)20/h2-9,14H,1H3,(H,24,28). The fourth-order valence-corrected chi connectivity index (χ4v) is 2.57. The summed E-state index contributed by atoms with van der Waals surface area (Å²) >= 11 is 11.0. The van der Waals surface area contributed by atoms with Crippen molar-refractivity contribution < 1.29 is 22.7 Å². The quantitative estimate of drug-likeness (QED) is 0.578. The second kappa shape index (κ2) is 8.30. The molecule has 1 amide bonds. The first-order valence-electron chi connectivity index (χ1n) is 8.07. The molecule has 0 aliphatic carbocycles. The minimum Gasteiger partial charge on any atom is -0.466 e. The molecule has 0 bridgehead atoms. The molecule has 0 saturated carbocycles. The van der Waals surface area contributed by atoms with E-state index < -0.39 is 22.5 Å². The molecular weight excluding hydrogens is 432 g/mol. The van der Waals surface area contributed by atoms with Crippen LogP contribution in [0, 0.1) is 0 Å². The molecule has 1 aromatic heterocycles. The summed E-state index contributed by atoms with van der Waals surface area (Å²) in [5, 5.41) is 6.67. The van der Waals surface area contributed by atoms with Crippen LogP contribution in [0.3, 0.4) is 0 Å². The molecule has 2 aromatic carbocycles. The SMILES string of the molecule is COc1nc(-c2cccc(C(F)(F)F)c2)n(-c2ccc(NC(=O)C(Cl)Cl)cc2)n1. The molecular formula is C18H13Cl2F3N4O2. The second-order valence-corrected chi connectivity index (χ2v) is 6.85. The minimum absolute atomic E-state index is 0.0121. The van der Waals surface area contributed by atoms with Gasteiger partial charge in [-0.3, -0.25) is 4.79 Å². The van der Waals surface area contributed by atoms with Crippen LogP contribution in [0.4, 0.5) is 18.9 Å². The molecule has 0 radical (unpaired) electrons. The summed E-state index contributed by atoms with van der Waals surface area (Å²) in [7, 11) is 1.35. The molecule has 29 heavy (non-hydrogen) atoms. The molecule has 0 aliphatic rings. The van der Waals surface area contributed by atoms with Crippen LogP contribution in [0.1, 0.15) is 5.56 Å². The first-order valence-corrected chi connectivity index (χ1v) is 8.94. The fourth-order valence-electron chi connectivity index (χ4n) is 2.46. The minimum atomic E-state index is -4.49. The number of methoxy groups -OCH3 is 1. The van der Waals surface area contributed by atoms with Gasteiger partial charge in [0.25, 0.3) is 5.91 Å². The van der Waals surface area contributed by atoms with Crippen LogP contribution in [0.5, 0.6) is 6.01 Å².